The predicted molar refractivity (Wildman–Crippen MR) is 101 cm³/mol. The van der Waals surface area contributed by atoms with E-state index in [0.29, 0.717) is 22.1 Å². The first-order chi connectivity index (χ1) is 11.6. The van der Waals surface area contributed by atoms with Crippen LogP contribution in [-0.2, 0) is 4.79 Å². The van der Waals surface area contributed by atoms with Crippen molar-refractivity contribution in [3.8, 4) is 0 Å². The maximum Gasteiger partial charge on any atom is 0.247 e. The van der Waals surface area contributed by atoms with Gasteiger partial charge in [0.15, 0.2) is 0 Å². The molecule has 1 aliphatic heterocycles. The number of hydrogen-bond acceptors (Lipinski definition) is 2. The van der Waals surface area contributed by atoms with Crippen LogP contribution in [0.3, 0.4) is 0 Å². The lowest BCUT2D eigenvalue weighted by Crippen LogP contribution is -2.47. The van der Waals surface area contributed by atoms with Crippen molar-refractivity contribution in [2.45, 2.75) is 44.7 Å². The van der Waals surface area contributed by atoms with E-state index in [0.717, 1.165) is 50.9 Å². The van der Waals surface area contributed by atoms with Crippen molar-refractivity contribution in [3.05, 3.63) is 39.9 Å². The Morgan fingerprint density at radius 3 is 2.46 bits per heavy atom. The number of piperidine rings is 1. The van der Waals surface area contributed by atoms with Gasteiger partial charge in [-0.25, -0.2) is 0 Å². The topological polar surface area (TPSA) is 23.6 Å². The molecule has 0 radical (unpaired) electrons. The summed E-state index contributed by atoms with van der Waals surface area (Å²) in [7, 11) is 0. The standard InChI is InChI=1S/C19H24Cl2N2O/c1-2-22-11-9-17(10-12-22)23(16-6-7-16)19(24)8-4-14-3-5-15(20)13-18(14)21/h3-5,8,13,16-17H,2,6-7,9-12H2,1H3. The van der Waals surface area contributed by atoms with Gasteiger partial charge in [-0.15, -0.1) is 0 Å². The van der Waals surface area contributed by atoms with E-state index >= 15 is 0 Å². The number of hydrogen-bond donors (Lipinski definition) is 0. The van der Waals surface area contributed by atoms with Gasteiger partial charge in [-0.2, -0.15) is 0 Å². The summed E-state index contributed by atoms with van der Waals surface area (Å²) >= 11 is 12.1. The fraction of sp³-hybridized carbons (Fsp3) is 0.526. The predicted octanol–water partition coefficient (Wildman–Crippen LogP) is 4.48. The van der Waals surface area contributed by atoms with Gasteiger partial charge in [-0.05, 0) is 56.0 Å². The van der Waals surface area contributed by atoms with Gasteiger partial charge in [-0.1, -0.05) is 36.2 Å². The van der Waals surface area contributed by atoms with Crippen LogP contribution in [0, 0.1) is 0 Å². The first-order valence-corrected chi connectivity index (χ1v) is 9.52. The lowest BCUT2D eigenvalue weighted by molar-refractivity contribution is -0.129. The number of carbonyl (C=O) groups is 1. The highest BCUT2D eigenvalue weighted by Crippen LogP contribution is 2.32. The third-order valence-corrected chi connectivity index (χ3v) is 5.52. The van der Waals surface area contributed by atoms with E-state index in [2.05, 4.69) is 16.7 Å². The number of nitrogens with zero attached hydrogens (tertiary/aromatic N) is 2. The first-order valence-electron chi connectivity index (χ1n) is 8.76. The SMILES string of the molecule is CCN1CCC(N(C(=O)C=Cc2ccc(Cl)cc2Cl)C2CC2)CC1. The minimum Gasteiger partial charge on any atom is -0.333 e. The van der Waals surface area contributed by atoms with Crippen LogP contribution < -0.4 is 0 Å². The molecule has 3 rings (SSSR count). The van der Waals surface area contributed by atoms with Gasteiger partial charge in [0.25, 0.3) is 0 Å². The van der Waals surface area contributed by atoms with E-state index in [1.54, 1.807) is 24.3 Å². The second kappa shape index (κ2) is 7.90. The van der Waals surface area contributed by atoms with Crippen molar-refractivity contribution in [2.24, 2.45) is 0 Å². The Hall–Kier alpha value is -1.03. The Morgan fingerprint density at radius 1 is 1.21 bits per heavy atom. The Kier molecular flexibility index (Phi) is 5.85. The largest absolute Gasteiger partial charge is 0.333 e. The van der Waals surface area contributed by atoms with Gasteiger partial charge in [0.1, 0.15) is 0 Å². The average molecular weight is 367 g/mol. The van der Waals surface area contributed by atoms with Crippen LogP contribution in [0.25, 0.3) is 6.08 Å². The second-order valence-corrected chi connectivity index (χ2v) is 7.48. The monoisotopic (exact) mass is 366 g/mol. The molecule has 2 aliphatic rings. The molecule has 1 amide bonds. The van der Waals surface area contributed by atoms with Crippen molar-refractivity contribution in [1.29, 1.82) is 0 Å². The van der Waals surface area contributed by atoms with Crippen LogP contribution in [0.2, 0.25) is 10.0 Å². The minimum absolute atomic E-state index is 0.110. The van der Waals surface area contributed by atoms with E-state index < -0.39 is 0 Å². The summed E-state index contributed by atoms with van der Waals surface area (Å²) in [6.45, 7) is 5.47. The van der Waals surface area contributed by atoms with Crippen LogP contribution in [0.1, 0.15) is 38.2 Å². The maximum atomic E-state index is 12.8. The fourth-order valence-electron chi connectivity index (χ4n) is 3.41. The Morgan fingerprint density at radius 2 is 1.88 bits per heavy atom. The summed E-state index contributed by atoms with van der Waals surface area (Å²) in [6, 6.07) is 6.14. The van der Waals surface area contributed by atoms with E-state index in [9.17, 15) is 4.79 Å². The minimum atomic E-state index is 0.110. The fourth-order valence-corrected chi connectivity index (χ4v) is 3.88. The molecule has 3 nitrogen and oxygen atoms in total. The molecule has 1 saturated carbocycles. The number of halogens is 2. The highest BCUT2D eigenvalue weighted by atomic mass is 35.5. The summed E-state index contributed by atoms with van der Waals surface area (Å²) < 4.78 is 0. The molecule has 0 aromatic heterocycles. The van der Waals surface area contributed by atoms with Crippen LogP contribution >= 0.6 is 23.2 Å². The van der Waals surface area contributed by atoms with Crippen LogP contribution in [0.15, 0.2) is 24.3 Å². The molecule has 2 fully saturated rings. The molecule has 1 aromatic carbocycles. The van der Waals surface area contributed by atoms with Gasteiger partial charge in [-0.3, -0.25) is 4.79 Å². The molecule has 0 bridgehead atoms. The zero-order valence-electron chi connectivity index (χ0n) is 14.0. The zero-order chi connectivity index (χ0) is 17.1. The van der Waals surface area contributed by atoms with Crippen LogP contribution in [-0.4, -0.2) is 47.4 Å². The zero-order valence-corrected chi connectivity index (χ0v) is 15.6. The molecule has 130 valence electrons. The molecule has 0 N–H and O–H groups in total. The maximum absolute atomic E-state index is 12.8. The lowest BCUT2D eigenvalue weighted by Gasteiger charge is -2.38. The van der Waals surface area contributed by atoms with Crippen molar-refractivity contribution < 1.29 is 4.79 Å². The smallest absolute Gasteiger partial charge is 0.247 e. The van der Waals surface area contributed by atoms with E-state index in [4.69, 9.17) is 23.2 Å². The number of benzene rings is 1. The summed E-state index contributed by atoms with van der Waals surface area (Å²) in [4.78, 5) is 17.4. The number of amides is 1. The van der Waals surface area contributed by atoms with E-state index in [-0.39, 0.29) is 5.91 Å². The van der Waals surface area contributed by atoms with Gasteiger partial charge in [0.2, 0.25) is 5.91 Å². The molecular formula is C19H24Cl2N2O. The molecule has 1 heterocycles. The molecule has 24 heavy (non-hydrogen) atoms. The third-order valence-electron chi connectivity index (χ3n) is 4.96. The summed E-state index contributed by atoms with van der Waals surface area (Å²) in [5, 5.41) is 1.17. The normalized spacial score (nSPS) is 19.8. The highest BCUT2D eigenvalue weighted by Gasteiger charge is 2.37. The summed E-state index contributed by atoms with van der Waals surface area (Å²) in [5.41, 5.74) is 0.825. The molecule has 0 spiro atoms. The first kappa shape index (κ1) is 17.8. The summed E-state index contributed by atoms with van der Waals surface area (Å²) in [5.74, 6) is 0.110. The van der Waals surface area contributed by atoms with E-state index in [1.807, 2.05) is 6.07 Å². The van der Waals surface area contributed by atoms with Crippen LogP contribution in [0.4, 0.5) is 0 Å². The van der Waals surface area contributed by atoms with Crippen molar-refractivity contribution in [2.75, 3.05) is 19.6 Å². The van der Waals surface area contributed by atoms with Crippen molar-refractivity contribution in [3.63, 3.8) is 0 Å². The third kappa shape index (κ3) is 4.33. The molecule has 5 heteroatoms. The highest BCUT2D eigenvalue weighted by molar-refractivity contribution is 6.35. The number of likely N-dealkylation sites (tertiary alicyclic amines) is 1. The van der Waals surface area contributed by atoms with Gasteiger partial charge in [0.05, 0.1) is 0 Å². The Bertz CT molecular complexity index is 620. The van der Waals surface area contributed by atoms with Crippen molar-refractivity contribution >= 4 is 35.2 Å². The lowest BCUT2D eigenvalue weighted by atomic mass is 10.0. The van der Waals surface area contributed by atoms with E-state index in [1.165, 1.54) is 0 Å². The number of rotatable bonds is 5. The second-order valence-electron chi connectivity index (χ2n) is 6.64. The Labute approximate surface area is 154 Å². The van der Waals surface area contributed by atoms with Gasteiger partial charge in [0, 0.05) is 41.3 Å². The van der Waals surface area contributed by atoms with Gasteiger partial charge >= 0.3 is 0 Å². The molecular weight excluding hydrogens is 343 g/mol. The molecule has 1 aromatic rings. The summed E-state index contributed by atoms with van der Waals surface area (Å²) in [6.07, 6.45) is 7.89. The van der Waals surface area contributed by atoms with Crippen LogP contribution in [0.5, 0.6) is 0 Å². The Balaban J connectivity index is 1.68. The number of carbonyl (C=O) groups excluding carboxylic acids is 1. The molecule has 1 aliphatic carbocycles. The molecule has 0 unspecified atom stereocenters. The molecule has 1 saturated heterocycles. The van der Waals surface area contributed by atoms with Crippen molar-refractivity contribution in [1.82, 2.24) is 9.80 Å². The average Bonchev–Trinajstić information content (AvgIpc) is 3.40. The van der Waals surface area contributed by atoms with Gasteiger partial charge < -0.3 is 9.80 Å². The quantitative estimate of drug-likeness (QED) is 0.717. The molecule has 0 atom stereocenters.